The van der Waals surface area contributed by atoms with E-state index in [4.69, 9.17) is 0 Å². The van der Waals surface area contributed by atoms with Crippen molar-refractivity contribution in [3.05, 3.63) is 16.3 Å². The fourth-order valence-corrected chi connectivity index (χ4v) is 4.12. The Morgan fingerprint density at radius 2 is 2.04 bits per heavy atom. The summed E-state index contributed by atoms with van der Waals surface area (Å²) in [6.45, 7) is 1.63. The molecule has 0 saturated carbocycles. The lowest BCUT2D eigenvalue weighted by Gasteiger charge is -2.30. The van der Waals surface area contributed by atoms with Gasteiger partial charge in [0.1, 0.15) is 9.77 Å². The number of carbonyl (C=O) groups excluding carboxylic acids is 3. The SMILES string of the molecule is COC(=O)c1sccc1S(=O)(=O)NC(=O)NC1NC(=O)NC(C)N1. The molecule has 0 aromatic carbocycles. The number of esters is 1. The molecule has 132 valence electrons. The van der Waals surface area contributed by atoms with Gasteiger partial charge in [0.2, 0.25) is 0 Å². The summed E-state index contributed by atoms with van der Waals surface area (Å²) in [7, 11) is -3.17. The highest BCUT2D eigenvalue weighted by Gasteiger charge is 2.28. The predicted molar refractivity (Wildman–Crippen MR) is 82.6 cm³/mol. The van der Waals surface area contributed by atoms with Crippen LogP contribution in [0.15, 0.2) is 16.3 Å². The van der Waals surface area contributed by atoms with Crippen LogP contribution in [0.25, 0.3) is 0 Å². The Morgan fingerprint density at radius 1 is 1.33 bits per heavy atom. The Labute approximate surface area is 141 Å². The molecule has 2 atom stereocenters. The summed E-state index contributed by atoms with van der Waals surface area (Å²) in [6, 6.07) is -0.428. The highest BCUT2D eigenvalue weighted by Crippen LogP contribution is 2.22. The van der Waals surface area contributed by atoms with Crippen molar-refractivity contribution in [2.24, 2.45) is 0 Å². The molecule has 5 N–H and O–H groups in total. The molecule has 4 amide bonds. The zero-order chi connectivity index (χ0) is 17.9. The number of carbonyl (C=O) groups is 3. The fourth-order valence-electron chi connectivity index (χ4n) is 1.87. The summed E-state index contributed by atoms with van der Waals surface area (Å²) in [5.41, 5.74) is 0. The number of urea groups is 2. The second-order valence-electron chi connectivity index (χ2n) is 4.62. The van der Waals surface area contributed by atoms with Crippen LogP contribution in [0, 0.1) is 0 Å². The first-order valence-electron chi connectivity index (χ1n) is 6.55. The Hall–Kier alpha value is -2.38. The van der Waals surface area contributed by atoms with Gasteiger partial charge < -0.3 is 20.7 Å². The van der Waals surface area contributed by atoms with Crippen LogP contribution in [0.3, 0.4) is 0 Å². The van der Waals surface area contributed by atoms with Gasteiger partial charge in [-0.05, 0) is 18.4 Å². The van der Waals surface area contributed by atoms with Crippen molar-refractivity contribution < 1.29 is 27.5 Å². The van der Waals surface area contributed by atoms with E-state index >= 15 is 0 Å². The normalized spacial score (nSPS) is 20.5. The van der Waals surface area contributed by atoms with Gasteiger partial charge in [0.25, 0.3) is 10.0 Å². The van der Waals surface area contributed by atoms with Crippen molar-refractivity contribution in [1.29, 1.82) is 0 Å². The lowest BCUT2D eigenvalue weighted by Crippen LogP contribution is -2.69. The van der Waals surface area contributed by atoms with E-state index in [0.717, 1.165) is 18.4 Å². The van der Waals surface area contributed by atoms with Gasteiger partial charge in [0.05, 0.1) is 13.3 Å². The second kappa shape index (κ2) is 7.02. The van der Waals surface area contributed by atoms with Crippen molar-refractivity contribution in [1.82, 2.24) is 26.0 Å². The minimum absolute atomic E-state index is 0.153. The molecule has 2 heterocycles. The van der Waals surface area contributed by atoms with E-state index in [1.807, 2.05) is 0 Å². The summed E-state index contributed by atoms with van der Waals surface area (Å²) < 4.78 is 30.7. The molecule has 1 aliphatic rings. The standard InChI is InChI=1S/C11H15N5O6S2/c1-5-12-9(14-10(18)13-5)15-11(19)16-24(20,21)6-3-4-23-7(6)8(17)22-2/h3-5,9,12H,1-2H3,(H2,13,14,18)(H2,15,16,19). The average molecular weight is 377 g/mol. The van der Waals surface area contributed by atoms with Crippen LogP contribution in [-0.4, -0.2) is 46.0 Å². The van der Waals surface area contributed by atoms with E-state index in [2.05, 4.69) is 26.0 Å². The third kappa shape index (κ3) is 4.12. The number of methoxy groups -OCH3 is 1. The first-order valence-corrected chi connectivity index (χ1v) is 8.91. The van der Waals surface area contributed by atoms with Crippen LogP contribution < -0.4 is 26.0 Å². The van der Waals surface area contributed by atoms with Crippen molar-refractivity contribution in [3.8, 4) is 0 Å². The number of nitrogens with one attached hydrogen (secondary N) is 5. The maximum absolute atomic E-state index is 12.2. The summed E-state index contributed by atoms with van der Waals surface area (Å²) in [6.07, 6.45) is -1.39. The summed E-state index contributed by atoms with van der Waals surface area (Å²) >= 11 is 0.869. The van der Waals surface area contributed by atoms with E-state index in [1.54, 1.807) is 11.6 Å². The Morgan fingerprint density at radius 3 is 2.67 bits per heavy atom. The molecule has 1 aliphatic heterocycles. The van der Waals surface area contributed by atoms with Crippen molar-refractivity contribution in [3.63, 3.8) is 0 Å². The molecule has 2 rings (SSSR count). The summed E-state index contributed by atoms with van der Waals surface area (Å²) in [4.78, 5) is 34.2. The van der Waals surface area contributed by atoms with E-state index in [1.165, 1.54) is 11.4 Å². The minimum Gasteiger partial charge on any atom is -0.465 e. The van der Waals surface area contributed by atoms with E-state index < -0.39 is 40.5 Å². The summed E-state index contributed by atoms with van der Waals surface area (Å²) in [5.74, 6) is -0.827. The minimum atomic E-state index is -4.29. The largest absolute Gasteiger partial charge is 0.465 e. The monoisotopic (exact) mass is 377 g/mol. The van der Waals surface area contributed by atoms with Crippen LogP contribution >= 0.6 is 11.3 Å². The average Bonchev–Trinajstić information content (AvgIpc) is 2.94. The van der Waals surface area contributed by atoms with Crippen LogP contribution in [0.1, 0.15) is 16.6 Å². The smallest absolute Gasteiger partial charge is 0.349 e. The maximum Gasteiger partial charge on any atom is 0.349 e. The zero-order valence-corrected chi connectivity index (χ0v) is 14.2. The lowest BCUT2D eigenvalue weighted by atomic mass is 10.5. The molecule has 1 fully saturated rings. The van der Waals surface area contributed by atoms with Gasteiger partial charge in [-0.2, -0.15) is 0 Å². The molecule has 13 heteroatoms. The van der Waals surface area contributed by atoms with E-state index in [0.29, 0.717) is 0 Å². The Balaban J connectivity index is 2.06. The van der Waals surface area contributed by atoms with E-state index in [9.17, 15) is 22.8 Å². The molecular formula is C11H15N5O6S2. The van der Waals surface area contributed by atoms with Gasteiger partial charge in [-0.15, -0.1) is 11.3 Å². The number of sulfonamides is 1. The van der Waals surface area contributed by atoms with Crippen LogP contribution in [0.2, 0.25) is 0 Å². The Bertz CT molecular complexity index is 761. The van der Waals surface area contributed by atoms with Crippen LogP contribution in [0.5, 0.6) is 0 Å². The third-order valence-electron chi connectivity index (χ3n) is 2.83. The predicted octanol–water partition coefficient (Wildman–Crippen LogP) is -0.945. The van der Waals surface area contributed by atoms with Gasteiger partial charge in [-0.25, -0.2) is 27.5 Å². The van der Waals surface area contributed by atoms with Gasteiger partial charge in [-0.1, -0.05) is 0 Å². The number of amides is 4. The number of thiophene rings is 1. The van der Waals surface area contributed by atoms with Crippen molar-refractivity contribution in [2.75, 3.05) is 7.11 Å². The van der Waals surface area contributed by atoms with Crippen molar-refractivity contribution in [2.45, 2.75) is 24.3 Å². The van der Waals surface area contributed by atoms with Gasteiger partial charge in [0, 0.05) is 0 Å². The fraction of sp³-hybridized carbons (Fsp3) is 0.364. The first-order chi connectivity index (χ1) is 11.2. The van der Waals surface area contributed by atoms with Crippen LogP contribution in [-0.2, 0) is 14.8 Å². The van der Waals surface area contributed by atoms with Crippen molar-refractivity contribution >= 4 is 39.4 Å². The highest BCUT2D eigenvalue weighted by molar-refractivity contribution is 7.90. The first kappa shape index (κ1) is 18.0. The molecule has 1 aromatic heterocycles. The van der Waals surface area contributed by atoms with Gasteiger partial charge in [-0.3, -0.25) is 5.32 Å². The number of ether oxygens (including phenoxy) is 1. The molecule has 0 spiro atoms. The Kier molecular flexibility index (Phi) is 5.26. The molecule has 1 saturated heterocycles. The molecule has 1 aromatic rings. The highest BCUT2D eigenvalue weighted by atomic mass is 32.2. The summed E-state index contributed by atoms with van der Waals surface area (Å²) in [5, 5.41) is 11.2. The molecule has 2 unspecified atom stereocenters. The third-order valence-corrected chi connectivity index (χ3v) is 5.23. The molecule has 0 bridgehead atoms. The molecule has 24 heavy (non-hydrogen) atoms. The number of hydrogen-bond acceptors (Lipinski definition) is 8. The lowest BCUT2D eigenvalue weighted by molar-refractivity contribution is 0.0602. The van der Waals surface area contributed by atoms with Gasteiger partial charge >= 0.3 is 18.0 Å². The molecule has 0 radical (unpaired) electrons. The van der Waals surface area contributed by atoms with Crippen LogP contribution in [0.4, 0.5) is 9.59 Å². The number of hydrogen-bond donors (Lipinski definition) is 5. The molecular weight excluding hydrogens is 362 g/mol. The second-order valence-corrected chi connectivity index (χ2v) is 7.19. The maximum atomic E-state index is 12.2. The molecule has 0 aliphatic carbocycles. The van der Waals surface area contributed by atoms with E-state index in [-0.39, 0.29) is 9.77 Å². The zero-order valence-electron chi connectivity index (χ0n) is 12.6. The number of rotatable bonds is 4. The molecule has 11 nitrogen and oxygen atoms in total. The topological polar surface area (TPSA) is 155 Å². The quantitative estimate of drug-likeness (QED) is 0.424. The van der Waals surface area contributed by atoms with Gasteiger partial charge in [0.15, 0.2) is 6.29 Å².